The molecule has 8 aromatic carbocycles. The molecule has 0 amide bonds. The molecule has 8 aromatic rings. The number of hydrogen-bond donors (Lipinski definition) is 0. The first-order chi connectivity index (χ1) is 22.2. The highest BCUT2D eigenvalue weighted by Crippen LogP contribution is 2.37. The molecule has 0 nitrogen and oxygen atoms in total. The summed E-state index contributed by atoms with van der Waals surface area (Å²) in [6.45, 7) is 4.96. The topological polar surface area (TPSA) is 0 Å². The number of benzene rings is 8. The summed E-state index contributed by atoms with van der Waals surface area (Å²) < 4.78 is 0. The first kappa shape index (κ1) is 25.3. The smallest absolute Gasteiger partial charge is 0.0705 e. The van der Waals surface area contributed by atoms with Gasteiger partial charge in [0.2, 0.25) is 13.4 Å². The lowest BCUT2D eigenvalue weighted by Gasteiger charge is -2.23. The van der Waals surface area contributed by atoms with Crippen molar-refractivity contribution >= 4 is 78.5 Å². The van der Waals surface area contributed by atoms with Crippen LogP contribution in [0.3, 0.4) is 0 Å². The molecular formula is C43H30B2. The highest BCUT2D eigenvalue weighted by molar-refractivity contribution is 7.03. The van der Waals surface area contributed by atoms with Crippen molar-refractivity contribution < 1.29 is 0 Å². The normalized spacial score (nSPS) is 13.2. The molecule has 0 aliphatic carbocycles. The monoisotopic (exact) mass is 568 g/mol. The first-order valence-corrected chi connectivity index (χ1v) is 16.3. The van der Waals surface area contributed by atoms with Crippen LogP contribution in [-0.2, 0) is 0 Å². The third-order valence-electron chi connectivity index (χ3n) is 10.8. The Bertz CT molecular complexity index is 2230. The van der Waals surface area contributed by atoms with Gasteiger partial charge in [0.05, 0.1) is 0 Å². The Balaban J connectivity index is 1.37. The summed E-state index contributed by atoms with van der Waals surface area (Å²) in [5.74, 6) is 0.482. The molecule has 0 atom stereocenters. The zero-order valence-corrected chi connectivity index (χ0v) is 25.5. The maximum atomic E-state index is 2.59. The Kier molecular flexibility index (Phi) is 5.18. The molecule has 45 heavy (non-hydrogen) atoms. The molecule has 0 spiro atoms. The van der Waals surface area contributed by atoms with Gasteiger partial charge in [-0.3, -0.25) is 0 Å². The van der Waals surface area contributed by atoms with Gasteiger partial charge in [-0.05, 0) is 66.1 Å². The minimum atomic E-state index is 0.179. The van der Waals surface area contributed by atoms with Crippen LogP contribution in [0.5, 0.6) is 0 Å². The molecule has 0 fully saturated rings. The molecule has 208 valence electrons. The molecule has 0 saturated heterocycles. The molecule has 0 N–H and O–H groups in total. The summed E-state index contributed by atoms with van der Waals surface area (Å²) in [7, 11) is 0. The van der Waals surface area contributed by atoms with Crippen LogP contribution in [-0.4, -0.2) is 13.4 Å². The maximum absolute atomic E-state index is 2.59. The van der Waals surface area contributed by atoms with E-state index >= 15 is 0 Å². The third kappa shape index (κ3) is 3.40. The summed E-state index contributed by atoms with van der Waals surface area (Å²) in [4.78, 5) is 0. The van der Waals surface area contributed by atoms with Gasteiger partial charge in [0, 0.05) is 0 Å². The standard InChI is InChI=1S/C43H30B2/c1-26(2)29-23-27-19-21-34-40(44-36-15-7-3-11-30(36)31-12-4-8-16-37(31)44)25-41(35-22-20-28(24-29)42(27)43(34)35)45-38-17-9-5-13-32(38)33-14-6-10-18-39(33)45/h3-26H,1-2H3. The molecule has 0 saturated carbocycles. The molecule has 0 aromatic heterocycles. The van der Waals surface area contributed by atoms with E-state index in [1.54, 1.807) is 0 Å². The van der Waals surface area contributed by atoms with Gasteiger partial charge in [0.25, 0.3) is 0 Å². The molecule has 2 heterocycles. The minimum absolute atomic E-state index is 0.179. The van der Waals surface area contributed by atoms with Gasteiger partial charge in [-0.1, -0.05) is 186 Å². The molecular weight excluding hydrogens is 538 g/mol. The molecule has 0 unspecified atom stereocenters. The van der Waals surface area contributed by atoms with Crippen LogP contribution in [0.2, 0.25) is 0 Å². The van der Waals surface area contributed by atoms with Crippen molar-refractivity contribution in [3.05, 3.63) is 145 Å². The average Bonchev–Trinajstić information content (AvgIpc) is 3.60. The van der Waals surface area contributed by atoms with Crippen molar-refractivity contribution in [2.75, 3.05) is 0 Å². The number of rotatable bonds is 3. The summed E-state index contributed by atoms with van der Waals surface area (Å²) in [5.41, 5.74) is 15.3. The Labute approximate surface area is 264 Å². The summed E-state index contributed by atoms with van der Waals surface area (Å²) in [6, 6.07) is 53.3. The lowest BCUT2D eigenvalue weighted by Crippen LogP contribution is -2.54. The molecule has 2 aliphatic rings. The van der Waals surface area contributed by atoms with Crippen molar-refractivity contribution in [2.45, 2.75) is 19.8 Å². The minimum Gasteiger partial charge on any atom is -0.0705 e. The van der Waals surface area contributed by atoms with Crippen LogP contribution in [0.1, 0.15) is 25.3 Å². The van der Waals surface area contributed by atoms with Crippen LogP contribution in [0.15, 0.2) is 140 Å². The van der Waals surface area contributed by atoms with E-state index in [9.17, 15) is 0 Å². The molecule has 10 rings (SSSR count). The fraction of sp³-hybridized carbons (Fsp3) is 0.0698. The lowest BCUT2D eigenvalue weighted by molar-refractivity contribution is 0.870. The van der Waals surface area contributed by atoms with Crippen molar-refractivity contribution in [1.29, 1.82) is 0 Å². The summed E-state index contributed by atoms with van der Waals surface area (Å²) in [5, 5.41) is 8.25. The van der Waals surface area contributed by atoms with Crippen LogP contribution in [0.25, 0.3) is 54.6 Å². The van der Waals surface area contributed by atoms with Crippen molar-refractivity contribution in [2.24, 2.45) is 0 Å². The molecule has 0 radical (unpaired) electrons. The van der Waals surface area contributed by atoms with E-state index in [0.717, 1.165) is 0 Å². The second kappa shape index (κ2) is 9.22. The van der Waals surface area contributed by atoms with Crippen molar-refractivity contribution in [1.82, 2.24) is 0 Å². The van der Waals surface area contributed by atoms with E-state index in [2.05, 4.69) is 153 Å². The van der Waals surface area contributed by atoms with E-state index in [1.165, 1.54) is 92.9 Å². The molecule has 2 heteroatoms. The van der Waals surface area contributed by atoms with Crippen LogP contribution < -0.4 is 32.8 Å². The predicted octanol–water partition coefficient (Wildman–Crippen LogP) is 6.70. The Morgan fingerprint density at radius 1 is 0.378 bits per heavy atom. The van der Waals surface area contributed by atoms with E-state index < -0.39 is 0 Å². The quantitative estimate of drug-likeness (QED) is 0.165. The van der Waals surface area contributed by atoms with Gasteiger partial charge in [0.1, 0.15) is 0 Å². The van der Waals surface area contributed by atoms with E-state index in [-0.39, 0.29) is 13.4 Å². The maximum Gasteiger partial charge on any atom is 0.243 e. The second-order valence-corrected chi connectivity index (χ2v) is 13.4. The highest BCUT2D eigenvalue weighted by atomic mass is 14.2. The van der Waals surface area contributed by atoms with E-state index in [0.29, 0.717) is 5.92 Å². The van der Waals surface area contributed by atoms with E-state index in [4.69, 9.17) is 0 Å². The lowest BCUT2D eigenvalue weighted by atomic mass is 9.34. The third-order valence-corrected chi connectivity index (χ3v) is 10.8. The zero-order valence-electron chi connectivity index (χ0n) is 25.5. The van der Waals surface area contributed by atoms with Gasteiger partial charge < -0.3 is 0 Å². The Hall–Kier alpha value is -5.07. The van der Waals surface area contributed by atoms with Crippen LogP contribution in [0.4, 0.5) is 0 Å². The molecule has 2 aliphatic heterocycles. The largest absolute Gasteiger partial charge is 0.243 e. The zero-order chi connectivity index (χ0) is 29.8. The summed E-state index contributed by atoms with van der Waals surface area (Å²) >= 11 is 0. The second-order valence-electron chi connectivity index (χ2n) is 13.4. The Morgan fingerprint density at radius 3 is 1.13 bits per heavy atom. The van der Waals surface area contributed by atoms with Gasteiger partial charge >= 0.3 is 0 Å². The van der Waals surface area contributed by atoms with Gasteiger partial charge in [-0.15, -0.1) is 0 Å². The Morgan fingerprint density at radius 2 is 0.756 bits per heavy atom. The highest BCUT2D eigenvalue weighted by Gasteiger charge is 2.38. The van der Waals surface area contributed by atoms with Gasteiger partial charge in [0.15, 0.2) is 0 Å². The summed E-state index contributed by atoms with van der Waals surface area (Å²) in [6.07, 6.45) is 0. The van der Waals surface area contributed by atoms with Crippen LogP contribution >= 0.6 is 0 Å². The predicted molar refractivity (Wildman–Crippen MR) is 197 cm³/mol. The number of fused-ring (bicyclic) bond motifs is 6. The molecule has 0 bridgehead atoms. The van der Waals surface area contributed by atoms with Crippen molar-refractivity contribution in [3.8, 4) is 22.3 Å². The van der Waals surface area contributed by atoms with Crippen LogP contribution in [0, 0.1) is 0 Å². The first-order valence-electron chi connectivity index (χ1n) is 16.3. The van der Waals surface area contributed by atoms with Crippen molar-refractivity contribution in [3.63, 3.8) is 0 Å². The average molecular weight is 568 g/mol. The SMILES string of the molecule is CC(C)c1cc2ccc3c(B4c5ccccc5-c5ccccc54)cc(B4c5ccccc5-c5ccccc54)c4ccc(c1)c2c34. The fourth-order valence-electron chi connectivity index (χ4n) is 8.79. The van der Waals surface area contributed by atoms with Gasteiger partial charge in [-0.2, -0.15) is 0 Å². The van der Waals surface area contributed by atoms with Gasteiger partial charge in [-0.25, -0.2) is 0 Å². The number of hydrogen-bond acceptors (Lipinski definition) is 0. The van der Waals surface area contributed by atoms with E-state index in [1.807, 2.05) is 0 Å². The fourth-order valence-corrected chi connectivity index (χ4v) is 8.79.